The Hall–Kier alpha value is -1.86. The molecule has 0 spiro atoms. The lowest BCUT2D eigenvalue weighted by Crippen LogP contribution is -2.25. The number of H-pyrrole nitrogens is 1. The van der Waals surface area contributed by atoms with Crippen LogP contribution in [0.1, 0.15) is 59.1 Å². The summed E-state index contributed by atoms with van der Waals surface area (Å²) in [7, 11) is 0. The molecule has 0 unspecified atom stereocenters. The van der Waals surface area contributed by atoms with Crippen molar-refractivity contribution in [2.45, 2.75) is 38.6 Å². The molecule has 1 heterocycles. The summed E-state index contributed by atoms with van der Waals surface area (Å²) in [5, 5.41) is 12.8. The van der Waals surface area contributed by atoms with E-state index in [-0.39, 0.29) is 29.5 Å². The Morgan fingerprint density at radius 2 is 2.04 bits per heavy atom. The van der Waals surface area contributed by atoms with E-state index >= 15 is 0 Å². The fraction of sp³-hybridized carbons (Fsp3) is 0.353. The maximum Gasteiger partial charge on any atom is 0.277 e. The summed E-state index contributed by atoms with van der Waals surface area (Å²) in [6.07, 6.45) is 2.02. The molecule has 1 aliphatic rings. The molecule has 3 rings (SSSR count). The summed E-state index contributed by atoms with van der Waals surface area (Å²) in [5.74, 6) is -0.342. The Morgan fingerprint density at radius 1 is 1.32 bits per heavy atom. The van der Waals surface area contributed by atoms with E-state index in [0.29, 0.717) is 20.7 Å². The normalized spacial score (nSPS) is 13.8. The van der Waals surface area contributed by atoms with Gasteiger partial charge in [-0.1, -0.05) is 25.4 Å². The maximum atomic E-state index is 12.4. The molecule has 1 aliphatic carbocycles. The molecule has 0 saturated heterocycles. The first-order valence-corrected chi connectivity index (χ1v) is 9.19. The van der Waals surface area contributed by atoms with Gasteiger partial charge in [0, 0.05) is 11.7 Å². The van der Waals surface area contributed by atoms with Crippen molar-refractivity contribution >= 4 is 45.0 Å². The Balaban J connectivity index is 1.73. The number of hydrogen-bond acceptors (Lipinski definition) is 3. The van der Waals surface area contributed by atoms with Crippen LogP contribution in [-0.2, 0) is 0 Å². The van der Waals surface area contributed by atoms with Gasteiger partial charge in [0.05, 0.1) is 20.8 Å². The van der Waals surface area contributed by atoms with Crippen LogP contribution in [0.15, 0.2) is 22.7 Å². The van der Waals surface area contributed by atoms with Crippen molar-refractivity contribution in [1.29, 1.82) is 0 Å². The summed E-state index contributed by atoms with van der Waals surface area (Å²) in [4.78, 5) is 24.5. The molecular formula is C17H18BrClN4O2. The highest BCUT2D eigenvalue weighted by Crippen LogP contribution is 2.27. The van der Waals surface area contributed by atoms with Gasteiger partial charge in [-0.15, -0.1) is 0 Å². The molecule has 2 amide bonds. The highest BCUT2D eigenvalue weighted by Gasteiger charge is 2.25. The van der Waals surface area contributed by atoms with Crippen molar-refractivity contribution in [1.82, 2.24) is 15.5 Å². The number of carbonyl (C=O) groups is 2. The molecule has 8 heteroatoms. The highest BCUT2D eigenvalue weighted by atomic mass is 79.9. The van der Waals surface area contributed by atoms with Crippen molar-refractivity contribution < 1.29 is 9.59 Å². The predicted molar refractivity (Wildman–Crippen MR) is 100 cm³/mol. The van der Waals surface area contributed by atoms with Crippen molar-refractivity contribution in [3.05, 3.63) is 44.6 Å². The van der Waals surface area contributed by atoms with Crippen LogP contribution in [0.4, 0.5) is 5.69 Å². The molecule has 0 radical (unpaired) electrons. The number of aromatic nitrogens is 2. The summed E-state index contributed by atoms with van der Waals surface area (Å²) >= 11 is 9.60. The van der Waals surface area contributed by atoms with Crippen LogP contribution in [-0.4, -0.2) is 28.1 Å². The fourth-order valence-corrected chi connectivity index (χ4v) is 3.41. The lowest BCUT2D eigenvalue weighted by atomic mass is 10.1. The lowest BCUT2D eigenvalue weighted by Gasteiger charge is -2.09. The van der Waals surface area contributed by atoms with E-state index in [9.17, 15) is 9.59 Å². The smallest absolute Gasteiger partial charge is 0.277 e. The standard InChI is InChI=1S/C17H18BrClN4O2/c1-8(2)14-13(18)15(23-22-14)17(25)21-10-5-6-11(12(19)7-10)16(24)20-9-3-4-9/h5-9H,3-4H2,1-2H3,(H,20,24)(H,21,25)(H,22,23). The molecule has 0 bridgehead atoms. The Bertz CT molecular complexity index is 830. The molecule has 25 heavy (non-hydrogen) atoms. The van der Waals surface area contributed by atoms with Crippen molar-refractivity contribution in [2.24, 2.45) is 0 Å². The molecular weight excluding hydrogens is 408 g/mol. The number of halogens is 2. The minimum atomic E-state index is -0.360. The van der Waals surface area contributed by atoms with E-state index in [4.69, 9.17) is 11.6 Å². The molecule has 0 aliphatic heterocycles. The largest absolute Gasteiger partial charge is 0.349 e. The molecule has 1 fully saturated rings. The number of anilines is 1. The minimum Gasteiger partial charge on any atom is -0.349 e. The van der Waals surface area contributed by atoms with Crippen LogP contribution >= 0.6 is 27.5 Å². The van der Waals surface area contributed by atoms with Crippen LogP contribution in [0.5, 0.6) is 0 Å². The van der Waals surface area contributed by atoms with Crippen LogP contribution in [0.25, 0.3) is 0 Å². The summed E-state index contributed by atoms with van der Waals surface area (Å²) < 4.78 is 0.645. The highest BCUT2D eigenvalue weighted by molar-refractivity contribution is 9.10. The quantitative estimate of drug-likeness (QED) is 0.674. The molecule has 1 aromatic heterocycles. The number of carbonyl (C=O) groups excluding carboxylic acids is 2. The number of rotatable bonds is 5. The van der Waals surface area contributed by atoms with E-state index in [0.717, 1.165) is 18.5 Å². The van der Waals surface area contributed by atoms with Crippen molar-refractivity contribution in [3.8, 4) is 0 Å². The van der Waals surface area contributed by atoms with E-state index < -0.39 is 0 Å². The van der Waals surface area contributed by atoms with Gasteiger partial charge in [0.15, 0.2) is 5.69 Å². The molecule has 6 nitrogen and oxygen atoms in total. The first kappa shape index (κ1) is 17.9. The zero-order valence-corrected chi connectivity index (χ0v) is 16.2. The molecule has 1 aromatic carbocycles. The van der Waals surface area contributed by atoms with E-state index in [1.165, 1.54) is 0 Å². The van der Waals surface area contributed by atoms with Gasteiger partial charge < -0.3 is 10.6 Å². The maximum absolute atomic E-state index is 12.4. The monoisotopic (exact) mass is 424 g/mol. The van der Waals surface area contributed by atoms with Gasteiger partial charge in [-0.25, -0.2) is 0 Å². The number of benzene rings is 1. The Labute approximate surface area is 158 Å². The van der Waals surface area contributed by atoms with Gasteiger partial charge in [0.25, 0.3) is 11.8 Å². The average molecular weight is 426 g/mol. The van der Waals surface area contributed by atoms with E-state index in [1.54, 1.807) is 18.2 Å². The summed E-state index contributed by atoms with van der Waals surface area (Å²) in [6.45, 7) is 4.01. The zero-order chi connectivity index (χ0) is 18.1. The van der Waals surface area contributed by atoms with Gasteiger partial charge in [0.1, 0.15) is 0 Å². The van der Waals surface area contributed by atoms with E-state index in [1.807, 2.05) is 13.8 Å². The Kier molecular flexibility index (Phi) is 5.15. The SMILES string of the molecule is CC(C)c1[nH]nc(C(=O)Nc2ccc(C(=O)NC3CC3)c(Cl)c2)c1Br. The van der Waals surface area contributed by atoms with E-state index in [2.05, 4.69) is 36.8 Å². The number of hydrogen-bond donors (Lipinski definition) is 3. The fourth-order valence-electron chi connectivity index (χ4n) is 2.33. The molecule has 132 valence electrons. The van der Waals surface area contributed by atoms with Crippen LogP contribution in [0, 0.1) is 0 Å². The van der Waals surface area contributed by atoms with Gasteiger partial charge in [0.2, 0.25) is 0 Å². The summed E-state index contributed by atoms with van der Waals surface area (Å²) in [5.41, 5.74) is 2.03. The molecule has 1 saturated carbocycles. The second-order valence-corrected chi connectivity index (χ2v) is 7.55. The van der Waals surface area contributed by atoms with Gasteiger partial charge in [-0.3, -0.25) is 14.7 Å². The van der Waals surface area contributed by atoms with Crippen molar-refractivity contribution in [3.63, 3.8) is 0 Å². The van der Waals surface area contributed by atoms with Crippen LogP contribution in [0.2, 0.25) is 5.02 Å². The third kappa shape index (κ3) is 4.04. The third-order valence-electron chi connectivity index (χ3n) is 3.91. The second kappa shape index (κ2) is 7.17. The average Bonchev–Trinajstić information content (AvgIpc) is 3.26. The lowest BCUT2D eigenvalue weighted by molar-refractivity contribution is 0.0950. The molecule has 0 atom stereocenters. The number of amides is 2. The predicted octanol–water partition coefficient (Wildman–Crippen LogP) is 4.09. The zero-order valence-electron chi connectivity index (χ0n) is 13.8. The molecule has 3 N–H and O–H groups in total. The van der Waals surface area contributed by atoms with Crippen LogP contribution in [0.3, 0.4) is 0 Å². The first-order chi connectivity index (χ1) is 11.9. The third-order valence-corrected chi connectivity index (χ3v) is 5.02. The van der Waals surface area contributed by atoms with Gasteiger partial charge in [-0.05, 0) is 52.9 Å². The topological polar surface area (TPSA) is 86.9 Å². The van der Waals surface area contributed by atoms with Crippen LogP contribution < -0.4 is 10.6 Å². The van der Waals surface area contributed by atoms with Gasteiger partial charge in [-0.2, -0.15) is 5.10 Å². The number of nitrogens with zero attached hydrogens (tertiary/aromatic N) is 1. The summed E-state index contributed by atoms with van der Waals surface area (Å²) in [6, 6.07) is 5.07. The first-order valence-electron chi connectivity index (χ1n) is 8.02. The number of nitrogens with one attached hydrogen (secondary N) is 3. The number of aromatic amines is 1. The minimum absolute atomic E-state index is 0.193. The van der Waals surface area contributed by atoms with Crippen molar-refractivity contribution in [2.75, 3.05) is 5.32 Å². The van der Waals surface area contributed by atoms with Gasteiger partial charge >= 0.3 is 0 Å². The molecule has 2 aromatic rings. The Morgan fingerprint density at radius 3 is 2.60 bits per heavy atom. The second-order valence-electron chi connectivity index (χ2n) is 6.35.